The smallest absolute Gasteiger partial charge is 0.315 e. The van der Waals surface area contributed by atoms with E-state index in [4.69, 9.17) is 0 Å². The second-order valence-corrected chi connectivity index (χ2v) is 4.81. The van der Waals surface area contributed by atoms with E-state index in [9.17, 15) is 9.59 Å². The first kappa shape index (κ1) is 18.4. The Hall–Kier alpha value is -1.58. The molecule has 0 aromatic carbocycles. The largest absolute Gasteiger partial charge is 0.338 e. The molecule has 0 aromatic rings. The summed E-state index contributed by atoms with van der Waals surface area (Å²) < 4.78 is 0. The fourth-order valence-electron chi connectivity index (χ4n) is 1.79. The van der Waals surface area contributed by atoms with Crippen molar-refractivity contribution in [2.24, 2.45) is 0 Å². The Bertz CT molecular complexity index is 271. The molecule has 2 amide bonds. The third-order valence-electron chi connectivity index (χ3n) is 2.95. The molecular formula is C16H28N2O2. The third kappa shape index (κ3) is 12.9. The zero-order valence-electron chi connectivity index (χ0n) is 12.5. The zero-order chi connectivity index (χ0) is 15.1. The summed E-state index contributed by atoms with van der Waals surface area (Å²) in [6, 6.07) is -0.141. The molecule has 20 heavy (non-hydrogen) atoms. The summed E-state index contributed by atoms with van der Waals surface area (Å²) in [6.07, 6.45) is 10.8. The van der Waals surface area contributed by atoms with Gasteiger partial charge in [-0.1, -0.05) is 31.4 Å². The van der Waals surface area contributed by atoms with Crippen LogP contribution in [0.4, 0.5) is 4.79 Å². The van der Waals surface area contributed by atoms with Gasteiger partial charge < -0.3 is 10.6 Å². The van der Waals surface area contributed by atoms with Crippen molar-refractivity contribution >= 4 is 11.8 Å². The molecule has 0 fully saturated rings. The lowest BCUT2D eigenvalue weighted by atomic mass is 10.1. The predicted octanol–water partition coefficient (Wildman–Crippen LogP) is 3.35. The Labute approximate surface area is 122 Å². The van der Waals surface area contributed by atoms with E-state index in [1.165, 1.54) is 0 Å². The third-order valence-corrected chi connectivity index (χ3v) is 2.95. The van der Waals surface area contributed by atoms with Crippen LogP contribution in [0, 0.1) is 0 Å². The first-order valence-electron chi connectivity index (χ1n) is 7.46. The number of urea groups is 1. The lowest BCUT2D eigenvalue weighted by molar-refractivity contribution is -0.119. The van der Waals surface area contributed by atoms with E-state index in [0.717, 1.165) is 38.5 Å². The summed E-state index contributed by atoms with van der Waals surface area (Å²) >= 11 is 0. The minimum absolute atomic E-state index is 0.141. The Morgan fingerprint density at radius 3 is 2.25 bits per heavy atom. The molecule has 0 heterocycles. The molecule has 114 valence electrons. The van der Waals surface area contributed by atoms with Gasteiger partial charge in [0.25, 0.3) is 0 Å². The molecule has 0 aliphatic heterocycles. The molecule has 0 saturated carbocycles. The maximum Gasteiger partial charge on any atom is 0.315 e. The normalized spacial score (nSPS) is 9.80. The van der Waals surface area contributed by atoms with Crippen LogP contribution < -0.4 is 10.6 Å². The SMILES string of the molecule is C=CCCC(=O)CCCCCCCNC(=O)NCC=C. The van der Waals surface area contributed by atoms with Gasteiger partial charge in [0.05, 0.1) is 0 Å². The molecule has 0 unspecified atom stereocenters. The summed E-state index contributed by atoms with van der Waals surface area (Å²) in [5, 5.41) is 5.45. The van der Waals surface area contributed by atoms with Crippen molar-refractivity contribution in [3.63, 3.8) is 0 Å². The fourth-order valence-corrected chi connectivity index (χ4v) is 1.79. The highest BCUT2D eigenvalue weighted by molar-refractivity contribution is 5.78. The summed E-state index contributed by atoms with van der Waals surface area (Å²) in [6.45, 7) is 8.32. The van der Waals surface area contributed by atoms with Gasteiger partial charge in [0, 0.05) is 25.9 Å². The summed E-state index contributed by atoms with van der Waals surface area (Å²) in [7, 11) is 0. The maximum atomic E-state index is 11.4. The molecule has 0 aliphatic rings. The minimum atomic E-state index is -0.141. The van der Waals surface area contributed by atoms with Crippen LogP contribution in [0.1, 0.15) is 51.4 Å². The molecule has 0 aliphatic carbocycles. The molecule has 4 nitrogen and oxygen atoms in total. The van der Waals surface area contributed by atoms with Crippen molar-refractivity contribution < 1.29 is 9.59 Å². The van der Waals surface area contributed by atoms with Gasteiger partial charge in [-0.3, -0.25) is 4.79 Å². The van der Waals surface area contributed by atoms with E-state index in [-0.39, 0.29) is 6.03 Å². The van der Waals surface area contributed by atoms with Crippen molar-refractivity contribution in [2.75, 3.05) is 13.1 Å². The minimum Gasteiger partial charge on any atom is -0.338 e. The Balaban J connectivity index is 3.24. The van der Waals surface area contributed by atoms with Crippen LogP contribution in [0.25, 0.3) is 0 Å². The number of hydrogen-bond acceptors (Lipinski definition) is 2. The Kier molecular flexibility index (Phi) is 12.7. The number of hydrogen-bond donors (Lipinski definition) is 2. The number of Topliss-reactive ketones (excluding diaryl/α,β-unsaturated/α-hetero) is 1. The van der Waals surface area contributed by atoms with E-state index in [1.54, 1.807) is 12.2 Å². The zero-order valence-corrected chi connectivity index (χ0v) is 12.5. The van der Waals surface area contributed by atoms with Gasteiger partial charge in [-0.05, 0) is 19.3 Å². The molecule has 0 saturated heterocycles. The number of nitrogens with one attached hydrogen (secondary N) is 2. The van der Waals surface area contributed by atoms with E-state index in [2.05, 4.69) is 23.8 Å². The Morgan fingerprint density at radius 1 is 0.850 bits per heavy atom. The lowest BCUT2D eigenvalue weighted by Gasteiger charge is -2.05. The van der Waals surface area contributed by atoms with Crippen molar-refractivity contribution in [2.45, 2.75) is 51.4 Å². The standard InChI is InChI=1S/C16H28N2O2/c1-3-5-11-15(19)12-9-7-6-8-10-14-18-16(20)17-13-4-2/h3-4H,1-2,5-14H2,(H2,17,18,20). The molecule has 0 rings (SSSR count). The topological polar surface area (TPSA) is 58.2 Å². The molecule has 0 spiro atoms. The lowest BCUT2D eigenvalue weighted by Crippen LogP contribution is -2.35. The summed E-state index contributed by atoms with van der Waals surface area (Å²) in [5.41, 5.74) is 0. The second-order valence-electron chi connectivity index (χ2n) is 4.81. The van der Waals surface area contributed by atoms with Crippen LogP contribution in [-0.2, 0) is 4.79 Å². The van der Waals surface area contributed by atoms with Gasteiger partial charge in [-0.25, -0.2) is 4.79 Å². The highest BCUT2D eigenvalue weighted by Crippen LogP contribution is 2.07. The van der Waals surface area contributed by atoms with Gasteiger partial charge in [-0.15, -0.1) is 13.2 Å². The quantitative estimate of drug-likeness (QED) is 0.401. The van der Waals surface area contributed by atoms with Crippen molar-refractivity contribution in [3.05, 3.63) is 25.3 Å². The van der Waals surface area contributed by atoms with Crippen LogP contribution in [0.3, 0.4) is 0 Å². The average Bonchev–Trinajstić information content (AvgIpc) is 2.45. The van der Waals surface area contributed by atoms with Crippen LogP contribution in [-0.4, -0.2) is 24.9 Å². The van der Waals surface area contributed by atoms with Crippen LogP contribution >= 0.6 is 0 Å². The van der Waals surface area contributed by atoms with E-state index in [0.29, 0.717) is 31.7 Å². The summed E-state index contributed by atoms with van der Waals surface area (Å²) in [4.78, 5) is 22.6. The number of ketones is 1. The Morgan fingerprint density at radius 2 is 1.55 bits per heavy atom. The molecule has 4 heteroatoms. The van der Waals surface area contributed by atoms with E-state index >= 15 is 0 Å². The van der Waals surface area contributed by atoms with Gasteiger partial charge in [0.1, 0.15) is 5.78 Å². The van der Waals surface area contributed by atoms with Crippen LogP contribution in [0.5, 0.6) is 0 Å². The predicted molar refractivity (Wildman–Crippen MR) is 83.7 cm³/mol. The number of allylic oxidation sites excluding steroid dienone is 1. The average molecular weight is 280 g/mol. The van der Waals surface area contributed by atoms with Crippen molar-refractivity contribution in [3.8, 4) is 0 Å². The molecular weight excluding hydrogens is 252 g/mol. The monoisotopic (exact) mass is 280 g/mol. The maximum absolute atomic E-state index is 11.4. The molecule has 0 aromatic heterocycles. The first-order chi connectivity index (χ1) is 9.70. The number of carbonyl (C=O) groups is 2. The highest BCUT2D eigenvalue weighted by Gasteiger charge is 2.00. The molecule has 0 bridgehead atoms. The van der Waals surface area contributed by atoms with Gasteiger partial charge in [0.15, 0.2) is 0 Å². The summed E-state index contributed by atoms with van der Waals surface area (Å²) in [5.74, 6) is 0.338. The van der Waals surface area contributed by atoms with Gasteiger partial charge in [0.2, 0.25) is 0 Å². The second kappa shape index (κ2) is 13.8. The molecule has 0 atom stereocenters. The number of rotatable bonds is 13. The van der Waals surface area contributed by atoms with Gasteiger partial charge >= 0.3 is 6.03 Å². The van der Waals surface area contributed by atoms with Crippen LogP contribution in [0.2, 0.25) is 0 Å². The fraction of sp³-hybridized carbons (Fsp3) is 0.625. The molecule has 0 radical (unpaired) electrons. The number of amides is 2. The number of carbonyl (C=O) groups excluding carboxylic acids is 2. The van der Waals surface area contributed by atoms with Crippen molar-refractivity contribution in [1.29, 1.82) is 0 Å². The molecule has 2 N–H and O–H groups in total. The van der Waals surface area contributed by atoms with E-state index in [1.807, 2.05) is 0 Å². The van der Waals surface area contributed by atoms with Crippen LogP contribution in [0.15, 0.2) is 25.3 Å². The van der Waals surface area contributed by atoms with Gasteiger partial charge in [-0.2, -0.15) is 0 Å². The number of unbranched alkanes of at least 4 members (excludes halogenated alkanes) is 4. The highest BCUT2D eigenvalue weighted by atomic mass is 16.2. The van der Waals surface area contributed by atoms with E-state index < -0.39 is 0 Å². The first-order valence-corrected chi connectivity index (χ1v) is 7.46. The van der Waals surface area contributed by atoms with Crippen molar-refractivity contribution in [1.82, 2.24) is 10.6 Å².